The number of benzene rings is 1. The van der Waals surface area contributed by atoms with Gasteiger partial charge in [0.1, 0.15) is 5.69 Å². The summed E-state index contributed by atoms with van der Waals surface area (Å²) in [4.78, 5) is 4.17. The van der Waals surface area contributed by atoms with Gasteiger partial charge in [0.05, 0.1) is 17.6 Å². The van der Waals surface area contributed by atoms with E-state index < -0.39 is 0 Å². The van der Waals surface area contributed by atoms with Gasteiger partial charge < -0.3 is 0 Å². The second-order valence-electron chi connectivity index (χ2n) is 3.44. The minimum absolute atomic E-state index is 0.762. The van der Waals surface area contributed by atoms with Gasteiger partial charge in [-0.15, -0.1) is 5.10 Å². The number of rotatable bonds is 3. The standard InChI is InChI=1S/C12H14N4/c1-3-13-9-12-10(2)16(15-14-12)11-7-5-4-6-8-11/h4-9H,3H2,1-2H3. The predicted octanol–water partition coefficient (Wildman–Crippen LogP) is 2.01. The van der Waals surface area contributed by atoms with Crippen molar-refractivity contribution < 1.29 is 0 Å². The first-order valence-corrected chi connectivity index (χ1v) is 5.30. The fourth-order valence-corrected chi connectivity index (χ4v) is 1.45. The van der Waals surface area contributed by atoms with Crippen LogP contribution in [0.5, 0.6) is 0 Å². The molecule has 2 rings (SSSR count). The maximum Gasteiger partial charge on any atom is 0.126 e. The van der Waals surface area contributed by atoms with Crippen LogP contribution < -0.4 is 0 Å². The summed E-state index contributed by atoms with van der Waals surface area (Å²) in [5, 5.41) is 8.21. The van der Waals surface area contributed by atoms with Crippen LogP contribution in [0.4, 0.5) is 0 Å². The maximum atomic E-state index is 4.17. The Bertz CT molecular complexity index is 485. The van der Waals surface area contributed by atoms with Crippen LogP contribution in [0.3, 0.4) is 0 Å². The minimum Gasteiger partial charge on any atom is -0.291 e. The van der Waals surface area contributed by atoms with Crippen molar-refractivity contribution in [3.63, 3.8) is 0 Å². The Balaban J connectivity index is 2.38. The summed E-state index contributed by atoms with van der Waals surface area (Å²) in [6, 6.07) is 9.95. The normalized spacial score (nSPS) is 11.1. The van der Waals surface area contributed by atoms with Crippen molar-refractivity contribution in [3.8, 4) is 5.69 Å². The van der Waals surface area contributed by atoms with Gasteiger partial charge in [-0.2, -0.15) is 0 Å². The molecule has 2 aromatic rings. The van der Waals surface area contributed by atoms with Crippen LogP contribution in [-0.2, 0) is 0 Å². The summed E-state index contributed by atoms with van der Waals surface area (Å²) in [5.74, 6) is 0. The Labute approximate surface area is 94.6 Å². The molecule has 0 bridgehead atoms. The molecular weight excluding hydrogens is 200 g/mol. The fourth-order valence-electron chi connectivity index (χ4n) is 1.45. The number of para-hydroxylation sites is 1. The van der Waals surface area contributed by atoms with E-state index in [0.29, 0.717) is 0 Å². The number of nitrogens with zero attached hydrogens (tertiary/aromatic N) is 4. The van der Waals surface area contributed by atoms with E-state index in [1.165, 1.54) is 0 Å². The first kappa shape index (κ1) is 10.5. The highest BCUT2D eigenvalue weighted by molar-refractivity contribution is 5.78. The third-order valence-corrected chi connectivity index (χ3v) is 2.33. The van der Waals surface area contributed by atoms with Crippen molar-refractivity contribution in [1.29, 1.82) is 0 Å². The average molecular weight is 214 g/mol. The fraction of sp³-hybridized carbons (Fsp3) is 0.250. The minimum atomic E-state index is 0.762. The lowest BCUT2D eigenvalue weighted by molar-refractivity contribution is 0.785. The molecule has 0 aliphatic heterocycles. The van der Waals surface area contributed by atoms with Gasteiger partial charge in [-0.1, -0.05) is 23.4 Å². The molecule has 16 heavy (non-hydrogen) atoms. The van der Waals surface area contributed by atoms with Crippen LogP contribution >= 0.6 is 0 Å². The Morgan fingerprint density at radius 3 is 2.75 bits per heavy atom. The lowest BCUT2D eigenvalue weighted by atomic mass is 10.3. The highest BCUT2D eigenvalue weighted by Gasteiger charge is 2.07. The molecule has 1 aromatic carbocycles. The molecule has 0 fully saturated rings. The monoisotopic (exact) mass is 214 g/mol. The van der Waals surface area contributed by atoms with E-state index in [2.05, 4.69) is 15.3 Å². The molecule has 82 valence electrons. The van der Waals surface area contributed by atoms with Gasteiger partial charge in [0.25, 0.3) is 0 Å². The number of hydrogen-bond acceptors (Lipinski definition) is 3. The molecule has 0 N–H and O–H groups in total. The Morgan fingerprint density at radius 2 is 2.06 bits per heavy atom. The number of aromatic nitrogens is 3. The van der Waals surface area contributed by atoms with Gasteiger partial charge in [0.2, 0.25) is 0 Å². The van der Waals surface area contributed by atoms with E-state index in [4.69, 9.17) is 0 Å². The zero-order chi connectivity index (χ0) is 11.4. The molecule has 0 atom stereocenters. The quantitative estimate of drug-likeness (QED) is 0.733. The van der Waals surface area contributed by atoms with Gasteiger partial charge in [0.15, 0.2) is 0 Å². The van der Waals surface area contributed by atoms with Crippen LogP contribution in [0.25, 0.3) is 5.69 Å². The van der Waals surface area contributed by atoms with E-state index in [-0.39, 0.29) is 0 Å². The molecule has 1 heterocycles. The van der Waals surface area contributed by atoms with Gasteiger partial charge in [-0.05, 0) is 26.0 Å². The summed E-state index contributed by atoms with van der Waals surface area (Å²) < 4.78 is 1.82. The first-order valence-electron chi connectivity index (χ1n) is 5.30. The lowest BCUT2D eigenvalue weighted by Crippen LogP contribution is -1.98. The summed E-state index contributed by atoms with van der Waals surface area (Å²) in [5.41, 5.74) is 2.85. The molecule has 0 unspecified atom stereocenters. The molecule has 0 aliphatic carbocycles. The van der Waals surface area contributed by atoms with Crippen molar-refractivity contribution >= 4 is 6.21 Å². The van der Waals surface area contributed by atoms with Crippen LogP contribution in [0.1, 0.15) is 18.3 Å². The largest absolute Gasteiger partial charge is 0.291 e. The van der Waals surface area contributed by atoms with Crippen LogP contribution in [0.2, 0.25) is 0 Å². The smallest absolute Gasteiger partial charge is 0.126 e. The summed E-state index contributed by atoms with van der Waals surface area (Å²) >= 11 is 0. The Hall–Kier alpha value is -1.97. The Morgan fingerprint density at radius 1 is 1.31 bits per heavy atom. The zero-order valence-electron chi connectivity index (χ0n) is 9.46. The molecule has 0 spiro atoms. The topological polar surface area (TPSA) is 43.1 Å². The molecular formula is C12H14N4. The van der Waals surface area contributed by atoms with E-state index >= 15 is 0 Å². The SMILES string of the molecule is CCN=Cc1nnn(-c2ccccc2)c1C. The Kier molecular flexibility index (Phi) is 3.10. The number of aliphatic imine (C=N–C) groups is 1. The highest BCUT2D eigenvalue weighted by atomic mass is 15.4. The van der Waals surface area contributed by atoms with Crippen LogP contribution in [0, 0.1) is 6.92 Å². The molecule has 0 saturated carbocycles. The van der Waals surface area contributed by atoms with Gasteiger partial charge in [-0.25, -0.2) is 4.68 Å². The van der Waals surface area contributed by atoms with Crippen molar-refractivity contribution in [2.24, 2.45) is 4.99 Å². The lowest BCUT2D eigenvalue weighted by Gasteiger charge is -2.01. The first-order chi connectivity index (χ1) is 7.83. The van der Waals surface area contributed by atoms with Gasteiger partial charge >= 0.3 is 0 Å². The molecule has 0 amide bonds. The van der Waals surface area contributed by atoms with E-state index in [0.717, 1.165) is 23.6 Å². The van der Waals surface area contributed by atoms with Crippen LogP contribution in [0.15, 0.2) is 35.3 Å². The third kappa shape index (κ3) is 2.00. The van der Waals surface area contributed by atoms with Gasteiger partial charge in [0, 0.05) is 6.54 Å². The second-order valence-corrected chi connectivity index (χ2v) is 3.44. The maximum absolute atomic E-state index is 4.17. The van der Waals surface area contributed by atoms with Gasteiger partial charge in [-0.3, -0.25) is 4.99 Å². The average Bonchev–Trinajstić information content (AvgIpc) is 2.69. The van der Waals surface area contributed by atoms with Crippen molar-refractivity contribution in [2.75, 3.05) is 6.54 Å². The van der Waals surface area contributed by atoms with Crippen molar-refractivity contribution in [3.05, 3.63) is 41.7 Å². The molecule has 0 aliphatic rings. The predicted molar refractivity (Wildman–Crippen MR) is 64.2 cm³/mol. The molecule has 4 nitrogen and oxygen atoms in total. The summed E-state index contributed by atoms with van der Waals surface area (Å²) in [7, 11) is 0. The third-order valence-electron chi connectivity index (χ3n) is 2.33. The molecule has 0 saturated heterocycles. The molecule has 1 aromatic heterocycles. The molecule has 4 heteroatoms. The van der Waals surface area contributed by atoms with E-state index in [1.54, 1.807) is 6.21 Å². The molecule has 0 radical (unpaired) electrons. The summed E-state index contributed by atoms with van der Waals surface area (Å²) in [6.07, 6.45) is 1.77. The van der Waals surface area contributed by atoms with E-state index in [1.807, 2.05) is 48.9 Å². The van der Waals surface area contributed by atoms with Crippen molar-refractivity contribution in [1.82, 2.24) is 15.0 Å². The number of hydrogen-bond donors (Lipinski definition) is 0. The van der Waals surface area contributed by atoms with E-state index in [9.17, 15) is 0 Å². The zero-order valence-corrected chi connectivity index (χ0v) is 9.46. The summed E-state index contributed by atoms with van der Waals surface area (Å²) in [6.45, 7) is 4.75. The van der Waals surface area contributed by atoms with Crippen LogP contribution in [-0.4, -0.2) is 27.8 Å². The van der Waals surface area contributed by atoms with Crippen molar-refractivity contribution in [2.45, 2.75) is 13.8 Å². The highest BCUT2D eigenvalue weighted by Crippen LogP contribution is 2.10. The second kappa shape index (κ2) is 4.70.